The maximum Gasteiger partial charge on any atom is 0.269 e. The van der Waals surface area contributed by atoms with Crippen LogP contribution >= 0.6 is 0 Å². The van der Waals surface area contributed by atoms with Gasteiger partial charge in [-0.2, -0.15) is 4.73 Å². The number of aromatic nitrogens is 1. The number of nitro benzene ring substituents is 1. The molecule has 2 aromatic carbocycles. The molecular weight excluding hydrogens is 298 g/mol. The second-order valence-corrected chi connectivity index (χ2v) is 5.04. The Bertz CT molecular complexity index is 884. The summed E-state index contributed by atoms with van der Waals surface area (Å²) in [6.07, 6.45) is 1.59. The van der Waals surface area contributed by atoms with Gasteiger partial charge in [0.15, 0.2) is 0 Å². The monoisotopic (exact) mass is 311 g/mol. The van der Waals surface area contributed by atoms with Crippen LogP contribution in [0.4, 0.5) is 11.4 Å². The van der Waals surface area contributed by atoms with E-state index in [-0.39, 0.29) is 18.0 Å². The molecular formula is C16H13N3O4. The van der Waals surface area contributed by atoms with Crippen LogP contribution in [0.15, 0.2) is 54.7 Å². The molecule has 0 aliphatic carbocycles. The summed E-state index contributed by atoms with van der Waals surface area (Å²) in [5.41, 5.74) is 1.77. The standard InChI is InChI=1S/C16H13N3O4/c20-16(17-12-5-7-13(8-6-12)19(22)23)9-11-10-18(21)15-4-2-1-3-14(11)15/h1-8,10,21H,9H2,(H,17,20). The number of carbonyl (C=O) groups is 1. The van der Waals surface area contributed by atoms with Crippen LogP contribution in [0.5, 0.6) is 0 Å². The molecule has 7 nitrogen and oxygen atoms in total. The van der Waals surface area contributed by atoms with Crippen LogP contribution in [0.2, 0.25) is 0 Å². The van der Waals surface area contributed by atoms with Crippen molar-refractivity contribution in [3.8, 4) is 0 Å². The summed E-state index contributed by atoms with van der Waals surface area (Å²) < 4.78 is 0.990. The second-order valence-electron chi connectivity index (χ2n) is 5.04. The van der Waals surface area contributed by atoms with E-state index in [2.05, 4.69) is 5.32 Å². The summed E-state index contributed by atoms with van der Waals surface area (Å²) in [5.74, 6) is -0.268. The number of nitrogens with one attached hydrogen (secondary N) is 1. The number of para-hydroxylation sites is 1. The first-order chi connectivity index (χ1) is 11.0. The summed E-state index contributed by atoms with van der Waals surface area (Å²) >= 11 is 0. The molecule has 0 atom stereocenters. The molecule has 0 radical (unpaired) electrons. The van der Waals surface area contributed by atoms with Gasteiger partial charge in [0.2, 0.25) is 5.91 Å². The van der Waals surface area contributed by atoms with E-state index >= 15 is 0 Å². The molecule has 3 aromatic rings. The fourth-order valence-electron chi connectivity index (χ4n) is 2.42. The maximum absolute atomic E-state index is 12.1. The zero-order valence-electron chi connectivity index (χ0n) is 12.0. The Labute approximate surface area is 130 Å². The van der Waals surface area contributed by atoms with Crippen LogP contribution < -0.4 is 5.32 Å². The number of fused-ring (bicyclic) bond motifs is 1. The summed E-state index contributed by atoms with van der Waals surface area (Å²) in [5, 5.41) is 23.9. The third kappa shape index (κ3) is 2.98. The normalized spacial score (nSPS) is 10.6. The van der Waals surface area contributed by atoms with Crippen LogP contribution in [0.1, 0.15) is 5.56 Å². The number of carbonyl (C=O) groups excluding carboxylic acids is 1. The molecule has 0 spiro atoms. The van der Waals surface area contributed by atoms with Crippen molar-refractivity contribution < 1.29 is 14.9 Å². The molecule has 1 heterocycles. The lowest BCUT2D eigenvalue weighted by atomic mass is 10.1. The maximum atomic E-state index is 12.1. The van der Waals surface area contributed by atoms with Crippen molar-refractivity contribution in [3.05, 3.63) is 70.4 Å². The van der Waals surface area contributed by atoms with Crippen molar-refractivity contribution in [1.82, 2.24) is 4.73 Å². The van der Waals surface area contributed by atoms with E-state index in [4.69, 9.17) is 0 Å². The van der Waals surface area contributed by atoms with Crippen molar-refractivity contribution in [1.29, 1.82) is 0 Å². The Morgan fingerprint density at radius 2 is 1.87 bits per heavy atom. The minimum Gasteiger partial charge on any atom is -0.428 e. The number of hydrogen-bond donors (Lipinski definition) is 2. The van der Waals surface area contributed by atoms with E-state index in [1.54, 1.807) is 12.1 Å². The average molecular weight is 311 g/mol. The van der Waals surface area contributed by atoms with Gasteiger partial charge in [-0.1, -0.05) is 18.2 Å². The first-order valence-electron chi connectivity index (χ1n) is 6.87. The number of non-ortho nitro benzene ring substituents is 1. The van der Waals surface area contributed by atoms with Gasteiger partial charge in [-0.25, -0.2) is 0 Å². The van der Waals surface area contributed by atoms with Crippen molar-refractivity contribution in [2.45, 2.75) is 6.42 Å². The highest BCUT2D eigenvalue weighted by Crippen LogP contribution is 2.21. The van der Waals surface area contributed by atoms with Gasteiger partial charge in [-0.15, -0.1) is 0 Å². The van der Waals surface area contributed by atoms with Gasteiger partial charge in [0.1, 0.15) is 0 Å². The Balaban J connectivity index is 1.75. The largest absolute Gasteiger partial charge is 0.428 e. The van der Waals surface area contributed by atoms with Crippen molar-refractivity contribution in [3.63, 3.8) is 0 Å². The molecule has 23 heavy (non-hydrogen) atoms. The second kappa shape index (κ2) is 5.80. The summed E-state index contributed by atoms with van der Waals surface area (Å²) in [6.45, 7) is 0. The Morgan fingerprint density at radius 1 is 1.17 bits per heavy atom. The lowest BCUT2D eigenvalue weighted by Crippen LogP contribution is -2.14. The molecule has 2 N–H and O–H groups in total. The van der Waals surface area contributed by atoms with Gasteiger partial charge >= 0.3 is 0 Å². The molecule has 0 aliphatic heterocycles. The molecule has 0 bridgehead atoms. The molecule has 0 unspecified atom stereocenters. The van der Waals surface area contributed by atoms with E-state index in [1.807, 2.05) is 12.1 Å². The lowest BCUT2D eigenvalue weighted by Gasteiger charge is -2.04. The average Bonchev–Trinajstić information content (AvgIpc) is 2.84. The molecule has 7 heteroatoms. The van der Waals surface area contributed by atoms with E-state index in [9.17, 15) is 20.1 Å². The Hall–Kier alpha value is -3.35. The quantitative estimate of drug-likeness (QED) is 0.439. The van der Waals surface area contributed by atoms with Crippen molar-refractivity contribution >= 4 is 28.2 Å². The summed E-state index contributed by atoms with van der Waals surface area (Å²) in [7, 11) is 0. The molecule has 116 valence electrons. The molecule has 0 saturated heterocycles. The van der Waals surface area contributed by atoms with Gasteiger partial charge < -0.3 is 10.5 Å². The van der Waals surface area contributed by atoms with E-state index < -0.39 is 4.92 Å². The number of nitro groups is 1. The molecule has 0 aliphatic rings. The Kier molecular flexibility index (Phi) is 3.68. The first-order valence-corrected chi connectivity index (χ1v) is 6.87. The minimum absolute atomic E-state index is 0.0358. The first kappa shape index (κ1) is 14.6. The predicted molar refractivity (Wildman–Crippen MR) is 84.6 cm³/mol. The summed E-state index contributed by atoms with van der Waals surface area (Å²) in [6, 6.07) is 12.8. The summed E-state index contributed by atoms with van der Waals surface area (Å²) in [4.78, 5) is 22.2. The third-order valence-electron chi connectivity index (χ3n) is 3.49. The minimum atomic E-state index is -0.498. The molecule has 3 rings (SSSR count). The zero-order chi connectivity index (χ0) is 16.4. The van der Waals surface area contributed by atoms with Crippen molar-refractivity contribution in [2.75, 3.05) is 5.32 Å². The molecule has 0 fully saturated rings. The van der Waals surface area contributed by atoms with E-state index in [0.717, 1.165) is 10.1 Å². The number of anilines is 1. The molecule has 1 amide bonds. The van der Waals surface area contributed by atoms with Gasteiger partial charge in [-0.05, 0) is 23.8 Å². The van der Waals surface area contributed by atoms with Gasteiger partial charge in [0, 0.05) is 29.4 Å². The van der Waals surface area contributed by atoms with Crippen LogP contribution in [0, 0.1) is 10.1 Å². The van der Waals surface area contributed by atoms with E-state index in [1.165, 1.54) is 30.5 Å². The van der Waals surface area contributed by atoms with Gasteiger partial charge in [0.25, 0.3) is 5.69 Å². The highest BCUT2D eigenvalue weighted by Gasteiger charge is 2.12. The highest BCUT2D eigenvalue weighted by molar-refractivity contribution is 5.95. The number of benzene rings is 2. The number of amides is 1. The zero-order valence-corrected chi connectivity index (χ0v) is 12.0. The molecule has 1 aromatic heterocycles. The molecule has 0 saturated carbocycles. The highest BCUT2D eigenvalue weighted by atomic mass is 16.6. The lowest BCUT2D eigenvalue weighted by molar-refractivity contribution is -0.384. The van der Waals surface area contributed by atoms with Crippen molar-refractivity contribution in [2.24, 2.45) is 0 Å². The van der Waals surface area contributed by atoms with Gasteiger partial charge in [0.05, 0.1) is 16.9 Å². The number of nitrogens with zero attached hydrogens (tertiary/aromatic N) is 2. The van der Waals surface area contributed by atoms with Crippen LogP contribution in [-0.4, -0.2) is 20.8 Å². The van der Waals surface area contributed by atoms with Crippen LogP contribution in [0.25, 0.3) is 10.9 Å². The SMILES string of the molecule is O=C(Cc1cn(O)c2ccccc12)Nc1ccc([N+](=O)[O-])cc1. The predicted octanol–water partition coefficient (Wildman–Crippen LogP) is 2.97. The van der Waals surface area contributed by atoms with Crippen LogP contribution in [-0.2, 0) is 11.2 Å². The number of hydrogen-bond acceptors (Lipinski definition) is 4. The van der Waals surface area contributed by atoms with Gasteiger partial charge in [-0.3, -0.25) is 14.9 Å². The smallest absolute Gasteiger partial charge is 0.269 e. The van der Waals surface area contributed by atoms with Crippen LogP contribution in [0.3, 0.4) is 0 Å². The van der Waals surface area contributed by atoms with E-state index in [0.29, 0.717) is 16.8 Å². The fourth-order valence-corrected chi connectivity index (χ4v) is 2.42. The third-order valence-corrected chi connectivity index (χ3v) is 3.49. The topological polar surface area (TPSA) is 97.4 Å². The fraction of sp³-hybridized carbons (Fsp3) is 0.0625. The number of rotatable bonds is 4. The Morgan fingerprint density at radius 3 is 2.57 bits per heavy atom.